The van der Waals surface area contributed by atoms with E-state index >= 15 is 0 Å². The number of methoxy groups -OCH3 is 1. The van der Waals surface area contributed by atoms with Crippen molar-refractivity contribution >= 4 is 5.91 Å². The second-order valence-corrected chi connectivity index (χ2v) is 4.27. The summed E-state index contributed by atoms with van der Waals surface area (Å²) in [6.45, 7) is 4.60. The van der Waals surface area contributed by atoms with Gasteiger partial charge in [0.2, 0.25) is 5.91 Å². The Kier molecular flexibility index (Phi) is 5.70. The second kappa shape index (κ2) is 7.07. The van der Waals surface area contributed by atoms with Crippen molar-refractivity contribution in [2.45, 2.75) is 32.3 Å². The van der Waals surface area contributed by atoms with Gasteiger partial charge in [0.25, 0.3) is 0 Å². The summed E-state index contributed by atoms with van der Waals surface area (Å²) in [6.07, 6.45) is 0.564. The monoisotopic (exact) mass is 235 g/mol. The number of ether oxygens (including phenoxy) is 1. The molecule has 94 valence electrons. The number of nitrogens with one attached hydrogen (secondary N) is 1. The summed E-state index contributed by atoms with van der Waals surface area (Å²) in [6, 6.07) is 10.3. The van der Waals surface area contributed by atoms with E-state index in [2.05, 4.69) is 24.4 Å². The van der Waals surface area contributed by atoms with Crippen LogP contribution in [-0.4, -0.2) is 25.7 Å². The molecular formula is C14H21NO2. The highest BCUT2D eigenvalue weighted by atomic mass is 16.5. The maximum absolute atomic E-state index is 11.5. The lowest BCUT2D eigenvalue weighted by Crippen LogP contribution is -2.34. The van der Waals surface area contributed by atoms with Gasteiger partial charge in [0, 0.05) is 13.7 Å². The largest absolute Gasteiger partial charge is 0.372 e. The fourth-order valence-electron chi connectivity index (χ4n) is 1.61. The number of carbonyl (C=O) groups excluding carboxylic acids is 1. The van der Waals surface area contributed by atoms with Crippen LogP contribution in [0, 0.1) is 0 Å². The molecule has 1 aromatic rings. The highest BCUT2D eigenvalue weighted by molar-refractivity contribution is 5.80. The molecule has 0 bridgehead atoms. The molecule has 1 N–H and O–H groups in total. The van der Waals surface area contributed by atoms with Crippen molar-refractivity contribution in [1.82, 2.24) is 5.32 Å². The summed E-state index contributed by atoms with van der Waals surface area (Å²) < 4.78 is 4.94. The molecule has 0 spiro atoms. The molecule has 0 heterocycles. The zero-order valence-corrected chi connectivity index (χ0v) is 10.8. The van der Waals surface area contributed by atoms with Crippen LogP contribution >= 0.6 is 0 Å². The second-order valence-electron chi connectivity index (χ2n) is 4.27. The van der Waals surface area contributed by atoms with Gasteiger partial charge in [-0.1, -0.05) is 37.3 Å². The van der Waals surface area contributed by atoms with Crippen LogP contribution in [0.25, 0.3) is 0 Å². The molecule has 0 aliphatic carbocycles. The topological polar surface area (TPSA) is 38.3 Å². The van der Waals surface area contributed by atoms with E-state index in [1.54, 1.807) is 6.92 Å². The predicted octanol–water partition coefficient (Wildman–Crippen LogP) is 2.33. The molecule has 2 unspecified atom stereocenters. The van der Waals surface area contributed by atoms with E-state index in [-0.39, 0.29) is 12.0 Å². The van der Waals surface area contributed by atoms with Crippen LogP contribution in [0.2, 0.25) is 0 Å². The van der Waals surface area contributed by atoms with Crippen LogP contribution in [0.1, 0.15) is 31.7 Å². The Bertz CT molecular complexity index is 337. The number of carbonyl (C=O) groups is 1. The lowest BCUT2D eigenvalue weighted by molar-refractivity contribution is -0.130. The summed E-state index contributed by atoms with van der Waals surface area (Å²) in [5.41, 5.74) is 1.31. The summed E-state index contributed by atoms with van der Waals surface area (Å²) >= 11 is 0. The molecule has 0 saturated carbocycles. The molecule has 17 heavy (non-hydrogen) atoms. The average Bonchev–Trinajstić information content (AvgIpc) is 2.38. The molecular weight excluding hydrogens is 214 g/mol. The van der Waals surface area contributed by atoms with E-state index in [4.69, 9.17) is 4.74 Å². The van der Waals surface area contributed by atoms with E-state index in [1.165, 1.54) is 12.7 Å². The van der Waals surface area contributed by atoms with E-state index in [0.29, 0.717) is 12.5 Å². The molecule has 0 aromatic heterocycles. The first-order valence-electron chi connectivity index (χ1n) is 6.00. The number of hydrogen-bond acceptors (Lipinski definition) is 2. The van der Waals surface area contributed by atoms with Gasteiger partial charge in [-0.25, -0.2) is 0 Å². The quantitative estimate of drug-likeness (QED) is 0.822. The van der Waals surface area contributed by atoms with Crippen LogP contribution in [0.5, 0.6) is 0 Å². The molecule has 0 fully saturated rings. The first-order valence-corrected chi connectivity index (χ1v) is 6.00. The van der Waals surface area contributed by atoms with Gasteiger partial charge in [-0.15, -0.1) is 0 Å². The highest BCUT2D eigenvalue weighted by Crippen LogP contribution is 2.17. The van der Waals surface area contributed by atoms with Crippen molar-refractivity contribution < 1.29 is 9.53 Å². The van der Waals surface area contributed by atoms with Crippen LogP contribution in [0.15, 0.2) is 30.3 Å². The lowest BCUT2D eigenvalue weighted by atomic mass is 9.98. The molecule has 0 radical (unpaired) electrons. The van der Waals surface area contributed by atoms with Crippen molar-refractivity contribution in [3.8, 4) is 0 Å². The van der Waals surface area contributed by atoms with Crippen molar-refractivity contribution in [3.05, 3.63) is 35.9 Å². The first kappa shape index (κ1) is 13.7. The van der Waals surface area contributed by atoms with Gasteiger partial charge in [0.05, 0.1) is 0 Å². The van der Waals surface area contributed by atoms with Crippen molar-refractivity contribution in [1.29, 1.82) is 0 Å². The minimum Gasteiger partial charge on any atom is -0.372 e. The first-order chi connectivity index (χ1) is 8.15. The normalized spacial score (nSPS) is 14.1. The number of amides is 1. The fraction of sp³-hybridized carbons (Fsp3) is 0.500. The third-order valence-electron chi connectivity index (χ3n) is 2.97. The Morgan fingerprint density at radius 1 is 1.29 bits per heavy atom. The summed E-state index contributed by atoms with van der Waals surface area (Å²) in [4.78, 5) is 11.5. The predicted molar refractivity (Wildman–Crippen MR) is 69.0 cm³/mol. The third-order valence-corrected chi connectivity index (χ3v) is 2.97. The lowest BCUT2D eigenvalue weighted by Gasteiger charge is -2.14. The molecule has 3 nitrogen and oxygen atoms in total. The van der Waals surface area contributed by atoms with Crippen LogP contribution < -0.4 is 5.32 Å². The molecule has 0 aliphatic heterocycles. The van der Waals surface area contributed by atoms with Crippen molar-refractivity contribution in [3.63, 3.8) is 0 Å². The standard InChI is InChI=1S/C14H21NO2/c1-11(13-7-5-4-6-8-13)9-10-15-14(16)12(2)17-3/h4-8,11-12H,9-10H2,1-3H3,(H,15,16). The Balaban J connectivity index is 2.30. The van der Waals surface area contributed by atoms with Crippen LogP contribution in [0.4, 0.5) is 0 Å². The van der Waals surface area contributed by atoms with Gasteiger partial charge >= 0.3 is 0 Å². The Hall–Kier alpha value is -1.35. The fourth-order valence-corrected chi connectivity index (χ4v) is 1.61. The Labute approximate surface area is 103 Å². The van der Waals surface area contributed by atoms with Crippen LogP contribution in [0.3, 0.4) is 0 Å². The zero-order chi connectivity index (χ0) is 12.7. The Morgan fingerprint density at radius 2 is 1.94 bits per heavy atom. The zero-order valence-electron chi connectivity index (χ0n) is 10.8. The van der Waals surface area contributed by atoms with Crippen molar-refractivity contribution in [2.24, 2.45) is 0 Å². The SMILES string of the molecule is COC(C)C(=O)NCCC(C)c1ccccc1. The van der Waals surface area contributed by atoms with Gasteiger partial charge in [-0.3, -0.25) is 4.79 Å². The number of rotatable bonds is 6. The number of benzene rings is 1. The molecule has 1 rings (SSSR count). The maximum Gasteiger partial charge on any atom is 0.248 e. The average molecular weight is 235 g/mol. The minimum atomic E-state index is -0.373. The summed E-state index contributed by atoms with van der Waals surface area (Å²) in [7, 11) is 1.54. The number of hydrogen-bond donors (Lipinski definition) is 1. The smallest absolute Gasteiger partial charge is 0.248 e. The molecule has 3 heteroatoms. The highest BCUT2D eigenvalue weighted by Gasteiger charge is 2.11. The maximum atomic E-state index is 11.5. The summed E-state index contributed by atoms with van der Waals surface area (Å²) in [5.74, 6) is 0.405. The molecule has 0 aliphatic rings. The van der Waals surface area contributed by atoms with Gasteiger partial charge < -0.3 is 10.1 Å². The summed E-state index contributed by atoms with van der Waals surface area (Å²) in [5, 5.41) is 2.87. The van der Waals surface area contributed by atoms with Gasteiger partial charge in [0.1, 0.15) is 6.10 Å². The molecule has 0 saturated heterocycles. The minimum absolute atomic E-state index is 0.0484. The van der Waals surface area contributed by atoms with E-state index < -0.39 is 0 Å². The van der Waals surface area contributed by atoms with Gasteiger partial charge in [-0.05, 0) is 24.8 Å². The van der Waals surface area contributed by atoms with Crippen molar-refractivity contribution in [2.75, 3.05) is 13.7 Å². The molecule has 1 amide bonds. The van der Waals surface area contributed by atoms with E-state index in [0.717, 1.165) is 6.42 Å². The van der Waals surface area contributed by atoms with Crippen LogP contribution in [-0.2, 0) is 9.53 Å². The third kappa shape index (κ3) is 4.57. The molecule has 1 aromatic carbocycles. The Morgan fingerprint density at radius 3 is 2.53 bits per heavy atom. The van der Waals surface area contributed by atoms with Gasteiger partial charge in [-0.2, -0.15) is 0 Å². The molecule has 2 atom stereocenters. The van der Waals surface area contributed by atoms with Gasteiger partial charge in [0.15, 0.2) is 0 Å². The van der Waals surface area contributed by atoms with E-state index in [1.807, 2.05) is 18.2 Å². The van der Waals surface area contributed by atoms with E-state index in [9.17, 15) is 4.79 Å².